The van der Waals surface area contributed by atoms with Crippen LogP contribution in [0.5, 0.6) is 0 Å². The average molecular weight is 405 g/mol. The van der Waals surface area contributed by atoms with Crippen LogP contribution in [0.15, 0.2) is 45.6 Å². The zero-order valence-corrected chi connectivity index (χ0v) is 15.6. The van der Waals surface area contributed by atoms with Crippen molar-refractivity contribution >= 4 is 11.6 Å². The third kappa shape index (κ3) is 3.20. The highest BCUT2D eigenvalue weighted by molar-refractivity contribution is 5.90. The van der Waals surface area contributed by atoms with Crippen molar-refractivity contribution in [1.82, 2.24) is 9.97 Å². The number of Topliss-reactive ketones (excluding diaryl/α,β-unsaturated/α-hetero) is 1. The Hall–Kier alpha value is -3.10. The number of alkyl halides is 3. The molecular weight excluding hydrogens is 387 g/mol. The van der Waals surface area contributed by atoms with Gasteiger partial charge in [-0.2, -0.15) is 13.2 Å². The normalized spacial score (nSPS) is 22.9. The summed E-state index contributed by atoms with van der Waals surface area (Å²) in [4.78, 5) is 41.9. The van der Waals surface area contributed by atoms with E-state index in [1.54, 1.807) is 6.08 Å². The first-order chi connectivity index (χ1) is 13.5. The summed E-state index contributed by atoms with van der Waals surface area (Å²) in [6, 6.07) is 4.90. The second-order valence-electron chi connectivity index (χ2n) is 8.09. The lowest BCUT2D eigenvalue weighted by atomic mass is 9.66. The molecule has 6 nitrogen and oxygen atoms in total. The van der Waals surface area contributed by atoms with Gasteiger partial charge in [0, 0.05) is 18.0 Å². The predicted molar refractivity (Wildman–Crippen MR) is 99.6 cm³/mol. The Labute approximate surface area is 162 Å². The quantitative estimate of drug-likeness (QED) is 0.679. The number of benzene rings is 1. The van der Waals surface area contributed by atoms with Gasteiger partial charge in [-0.15, -0.1) is 0 Å². The second kappa shape index (κ2) is 6.20. The fraction of sp³-hybridized carbons (Fsp3) is 0.350. The molecule has 29 heavy (non-hydrogen) atoms. The lowest BCUT2D eigenvalue weighted by molar-refractivity contribution is -0.138. The van der Waals surface area contributed by atoms with Crippen molar-refractivity contribution in [3.05, 3.63) is 73.6 Å². The standard InChI is InChI=1S/C20H18F3N3O3/c1-19(2)7-11-14(12(27)8-19)13(9-5-3-4-6-10(9)20(21,22)23)15-16(24-11)25-18(29)26-17(15)28/h3-7,13-14H,8H2,1-2H3,(H3,24,25,26,28,29). The summed E-state index contributed by atoms with van der Waals surface area (Å²) in [5.74, 6) is -2.42. The zero-order chi connectivity index (χ0) is 21.1. The van der Waals surface area contributed by atoms with Crippen LogP contribution in [0.3, 0.4) is 0 Å². The molecule has 2 aromatic rings. The van der Waals surface area contributed by atoms with Gasteiger partial charge in [0.15, 0.2) is 0 Å². The van der Waals surface area contributed by atoms with Gasteiger partial charge in [0.05, 0.1) is 17.0 Å². The molecule has 1 aliphatic carbocycles. The number of halogens is 3. The monoisotopic (exact) mass is 405 g/mol. The van der Waals surface area contributed by atoms with E-state index in [-0.39, 0.29) is 29.1 Å². The average Bonchev–Trinajstić information content (AvgIpc) is 2.57. The smallest absolute Gasteiger partial charge is 0.344 e. The summed E-state index contributed by atoms with van der Waals surface area (Å²) in [6.07, 6.45) is -2.76. The van der Waals surface area contributed by atoms with Crippen LogP contribution in [0.4, 0.5) is 19.0 Å². The molecule has 3 N–H and O–H groups in total. The summed E-state index contributed by atoms with van der Waals surface area (Å²) in [5.41, 5.74) is -2.91. The predicted octanol–water partition coefficient (Wildman–Crippen LogP) is 3.14. The van der Waals surface area contributed by atoms with Gasteiger partial charge < -0.3 is 5.32 Å². The fourth-order valence-corrected chi connectivity index (χ4v) is 4.34. The van der Waals surface area contributed by atoms with Gasteiger partial charge in [-0.05, 0) is 17.0 Å². The zero-order valence-electron chi connectivity index (χ0n) is 15.6. The number of allylic oxidation sites excluding steroid dienone is 2. The third-order valence-electron chi connectivity index (χ3n) is 5.35. The molecule has 2 heterocycles. The molecular formula is C20H18F3N3O3. The van der Waals surface area contributed by atoms with E-state index < -0.39 is 40.2 Å². The number of ketones is 1. The van der Waals surface area contributed by atoms with E-state index in [2.05, 4.69) is 15.3 Å². The number of carbonyl (C=O) groups excluding carboxylic acids is 1. The first-order valence-corrected chi connectivity index (χ1v) is 9.03. The summed E-state index contributed by atoms with van der Waals surface area (Å²) in [5, 5.41) is 2.91. The molecule has 0 radical (unpaired) electrons. The van der Waals surface area contributed by atoms with Crippen LogP contribution in [0.1, 0.15) is 42.9 Å². The lowest BCUT2D eigenvalue weighted by Gasteiger charge is -2.41. The number of aromatic nitrogens is 2. The first-order valence-electron chi connectivity index (χ1n) is 9.03. The summed E-state index contributed by atoms with van der Waals surface area (Å²) >= 11 is 0. The number of nitrogens with one attached hydrogen (secondary N) is 3. The van der Waals surface area contributed by atoms with Crippen molar-refractivity contribution < 1.29 is 18.0 Å². The van der Waals surface area contributed by atoms with Crippen molar-refractivity contribution in [3.63, 3.8) is 0 Å². The molecule has 0 spiro atoms. The highest BCUT2D eigenvalue weighted by Crippen LogP contribution is 2.49. The van der Waals surface area contributed by atoms with Crippen LogP contribution in [0.2, 0.25) is 0 Å². The van der Waals surface area contributed by atoms with Crippen LogP contribution < -0.4 is 16.6 Å². The Morgan fingerprint density at radius 2 is 1.72 bits per heavy atom. The number of hydrogen-bond acceptors (Lipinski definition) is 4. The van der Waals surface area contributed by atoms with E-state index in [1.807, 2.05) is 13.8 Å². The molecule has 152 valence electrons. The van der Waals surface area contributed by atoms with E-state index in [0.29, 0.717) is 5.70 Å². The van der Waals surface area contributed by atoms with Gasteiger partial charge in [-0.25, -0.2) is 4.79 Å². The van der Waals surface area contributed by atoms with Gasteiger partial charge in [0.1, 0.15) is 11.6 Å². The third-order valence-corrected chi connectivity index (χ3v) is 5.35. The summed E-state index contributed by atoms with van der Waals surface area (Å²) in [6.45, 7) is 3.68. The Kier molecular flexibility index (Phi) is 4.11. The molecule has 0 saturated carbocycles. The summed E-state index contributed by atoms with van der Waals surface area (Å²) in [7, 11) is 0. The van der Waals surface area contributed by atoms with Crippen molar-refractivity contribution in [1.29, 1.82) is 0 Å². The lowest BCUT2D eigenvalue weighted by Crippen LogP contribution is -2.43. The molecule has 2 atom stereocenters. The highest BCUT2D eigenvalue weighted by atomic mass is 19.4. The maximum absolute atomic E-state index is 13.7. The minimum atomic E-state index is -4.67. The van der Waals surface area contributed by atoms with Gasteiger partial charge in [-0.1, -0.05) is 38.1 Å². The molecule has 0 saturated heterocycles. The van der Waals surface area contributed by atoms with Crippen LogP contribution in [0, 0.1) is 11.3 Å². The number of aromatic amines is 2. The molecule has 1 aliphatic heterocycles. The number of rotatable bonds is 1. The number of anilines is 1. The van der Waals surface area contributed by atoms with E-state index >= 15 is 0 Å². The van der Waals surface area contributed by atoms with E-state index in [4.69, 9.17) is 0 Å². The number of H-pyrrole nitrogens is 2. The molecule has 9 heteroatoms. The maximum atomic E-state index is 13.7. The maximum Gasteiger partial charge on any atom is 0.416 e. The Balaban J connectivity index is 2.06. The molecule has 4 rings (SSSR count). The number of carbonyl (C=O) groups is 1. The fourth-order valence-electron chi connectivity index (χ4n) is 4.34. The van der Waals surface area contributed by atoms with E-state index in [9.17, 15) is 27.6 Å². The van der Waals surface area contributed by atoms with Gasteiger partial charge in [-0.3, -0.25) is 19.6 Å². The molecule has 1 aromatic carbocycles. The largest absolute Gasteiger partial charge is 0.416 e. The van der Waals surface area contributed by atoms with Crippen LogP contribution in [0.25, 0.3) is 0 Å². The van der Waals surface area contributed by atoms with Gasteiger partial charge >= 0.3 is 11.9 Å². The Morgan fingerprint density at radius 1 is 1.03 bits per heavy atom. The highest BCUT2D eigenvalue weighted by Gasteiger charge is 2.47. The van der Waals surface area contributed by atoms with Crippen molar-refractivity contribution in [2.75, 3.05) is 5.32 Å². The molecule has 0 bridgehead atoms. The van der Waals surface area contributed by atoms with Crippen LogP contribution >= 0.6 is 0 Å². The van der Waals surface area contributed by atoms with Crippen LogP contribution in [-0.2, 0) is 11.0 Å². The minimum absolute atomic E-state index is 0.00808. The molecule has 2 unspecified atom stereocenters. The second-order valence-corrected chi connectivity index (χ2v) is 8.09. The minimum Gasteiger partial charge on any atom is -0.344 e. The number of hydrogen-bond donors (Lipinski definition) is 3. The molecule has 0 amide bonds. The molecule has 2 aliphatic rings. The Bertz CT molecular complexity index is 1160. The van der Waals surface area contributed by atoms with Crippen LogP contribution in [-0.4, -0.2) is 15.8 Å². The Morgan fingerprint density at radius 3 is 2.41 bits per heavy atom. The van der Waals surface area contributed by atoms with Gasteiger partial charge in [0.25, 0.3) is 5.56 Å². The molecule has 0 fully saturated rings. The van der Waals surface area contributed by atoms with Crippen molar-refractivity contribution in [2.24, 2.45) is 11.3 Å². The van der Waals surface area contributed by atoms with Gasteiger partial charge in [0.2, 0.25) is 0 Å². The number of fused-ring (bicyclic) bond motifs is 2. The SMILES string of the molecule is CC1(C)C=C2Nc3[nH]c(=O)[nH]c(=O)c3C(c3ccccc3C(F)(F)F)C2C(=O)C1. The van der Waals surface area contributed by atoms with Crippen molar-refractivity contribution in [2.45, 2.75) is 32.4 Å². The first kappa shape index (κ1) is 19.2. The molecule has 1 aromatic heterocycles. The summed E-state index contributed by atoms with van der Waals surface area (Å²) < 4.78 is 41.2. The van der Waals surface area contributed by atoms with E-state index in [0.717, 1.165) is 6.07 Å². The van der Waals surface area contributed by atoms with E-state index in [1.165, 1.54) is 18.2 Å². The van der Waals surface area contributed by atoms with Crippen molar-refractivity contribution in [3.8, 4) is 0 Å². The topological polar surface area (TPSA) is 94.8 Å².